The lowest BCUT2D eigenvalue weighted by Crippen LogP contribution is -1.94. The van der Waals surface area contributed by atoms with Gasteiger partial charge in [0.25, 0.3) is 0 Å². The molecule has 120 valence electrons. The van der Waals surface area contributed by atoms with Gasteiger partial charge in [-0.2, -0.15) is 0 Å². The first-order chi connectivity index (χ1) is 10.1. The normalized spacial score (nSPS) is 8.09. The first-order valence-electron chi connectivity index (χ1n) is 6.47. The molecule has 2 aromatic rings. The van der Waals surface area contributed by atoms with Crippen molar-refractivity contribution in [2.45, 2.75) is 13.1 Å². The SMILES string of the molecule is C=CC(=O)O.Cl.NCc1ccccc1.NCc1ccccc1. The Hall–Kier alpha value is -2.14. The van der Waals surface area contributed by atoms with Crippen molar-refractivity contribution < 1.29 is 9.90 Å². The molecule has 5 heteroatoms. The number of carbonyl (C=O) groups is 1. The molecule has 0 radical (unpaired) electrons. The lowest BCUT2D eigenvalue weighted by molar-refractivity contribution is -0.131. The lowest BCUT2D eigenvalue weighted by atomic mass is 10.2. The van der Waals surface area contributed by atoms with E-state index in [1.165, 1.54) is 11.1 Å². The molecule has 0 atom stereocenters. The zero-order valence-corrected chi connectivity index (χ0v) is 13.2. The fraction of sp³-hybridized carbons (Fsp3) is 0.118. The van der Waals surface area contributed by atoms with Crippen LogP contribution in [0.1, 0.15) is 11.1 Å². The fourth-order valence-electron chi connectivity index (χ4n) is 1.23. The molecule has 0 aromatic heterocycles. The summed E-state index contributed by atoms with van der Waals surface area (Å²) in [6, 6.07) is 20.0. The average Bonchev–Trinajstić information content (AvgIpc) is 2.57. The Bertz CT molecular complexity index is 465. The molecule has 0 amide bonds. The summed E-state index contributed by atoms with van der Waals surface area (Å²) >= 11 is 0. The Balaban J connectivity index is 0. The van der Waals surface area contributed by atoms with Gasteiger partial charge in [0.1, 0.15) is 0 Å². The van der Waals surface area contributed by atoms with Crippen LogP contribution in [0.5, 0.6) is 0 Å². The van der Waals surface area contributed by atoms with Crippen LogP contribution in [0.15, 0.2) is 73.3 Å². The van der Waals surface area contributed by atoms with Gasteiger partial charge in [0.05, 0.1) is 0 Å². The van der Waals surface area contributed by atoms with Gasteiger partial charge in [-0.25, -0.2) is 4.79 Å². The molecule has 5 N–H and O–H groups in total. The maximum absolute atomic E-state index is 9.25. The first-order valence-corrected chi connectivity index (χ1v) is 6.47. The van der Waals surface area contributed by atoms with E-state index in [1.54, 1.807) is 0 Å². The van der Waals surface area contributed by atoms with E-state index < -0.39 is 5.97 Å². The van der Waals surface area contributed by atoms with Crippen LogP contribution < -0.4 is 11.5 Å². The molecule has 0 aliphatic carbocycles. The molecule has 0 aliphatic heterocycles. The maximum Gasteiger partial charge on any atom is 0.327 e. The third-order valence-corrected chi connectivity index (χ3v) is 2.33. The minimum atomic E-state index is -0.981. The summed E-state index contributed by atoms with van der Waals surface area (Å²) in [6.07, 6.45) is 0.833. The van der Waals surface area contributed by atoms with Crippen molar-refractivity contribution in [1.82, 2.24) is 0 Å². The van der Waals surface area contributed by atoms with Crippen LogP contribution in [-0.2, 0) is 17.9 Å². The van der Waals surface area contributed by atoms with Crippen molar-refractivity contribution in [3.63, 3.8) is 0 Å². The molecule has 4 nitrogen and oxygen atoms in total. The van der Waals surface area contributed by atoms with E-state index in [1.807, 2.05) is 60.7 Å². The Labute approximate surface area is 137 Å². The van der Waals surface area contributed by atoms with Gasteiger partial charge in [0, 0.05) is 19.2 Å². The molecule has 0 heterocycles. The number of rotatable bonds is 3. The number of benzene rings is 2. The summed E-state index contributed by atoms with van der Waals surface area (Å²) < 4.78 is 0. The third-order valence-electron chi connectivity index (χ3n) is 2.33. The molecule has 22 heavy (non-hydrogen) atoms. The highest BCUT2D eigenvalue weighted by Gasteiger charge is 1.80. The Morgan fingerprint density at radius 2 is 1.18 bits per heavy atom. The predicted molar refractivity (Wildman–Crippen MR) is 93.7 cm³/mol. The minimum absolute atomic E-state index is 0. The average molecular weight is 323 g/mol. The first kappa shape index (κ1) is 22.1. The van der Waals surface area contributed by atoms with Gasteiger partial charge in [0.15, 0.2) is 0 Å². The van der Waals surface area contributed by atoms with Gasteiger partial charge >= 0.3 is 5.97 Å². The number of carboxylic acids is 1. The number of aliphatic carboxylic acids is 1. The molecule has 0 saturated heterocycles. The molecule has 0 bridgehead atoms. The van der Waals surface area contributed by atoms with Crippen molar-refractivity contribution in [2.24, 2.45) is 11.5 Å². The minimum Gasteiger partial charge on any atom is -0.478 e. The van der Waals surface area contributed by atoms with Gasteiger partial charge in [-0.05, 0) is 11.1 Å². The lowest BCUT2D eigenvalue weighted by Gasteiger charge is -1.90. The topological polar surface area (TPSA) is 89.3 Å². The molecule has 0 aliphatic rings. The fourth-order valence-corrected chi connectivity index (χ4v) is 1.23. The van der Waals surface area contributed by atoms with Crippen molar-refractivity contribution in [1.29, 1.82) is 0 Å². The van der Waals surface area contributed by atoms with E-state index in [-0.39, 0.29) is 12.4 Å². The summed E-state index contributed by atoms with van der Waals surface area (Å²) in [5.41, 5.74) is 13.1. The Morgan fingerprint density at radius 3 is 1.32 bits per heavy atom. The predicted octanol–water partition coefficient (Wildman–Crippen LogP) is 2.97. The smallest absolute Gasteiger partial charge is 0.327 e. The number of hydrogen-bond acceptors (Lipinski definition) is 3. The monoisotopic (exact) mass is 322 g/mol. The van der Waals surface area contributed by atoms with Gasteiger partial charge in [-0.15, -0.1) is 12.4 Å². The molecule has 0 fully saturated rings. The van der Waals surface area contributed by atoms with Crippen molar-refractivity contribution in [3.05, 3.63) is 84.4 Å². The maximum atomic E-state index is 9.25. The largest absolute Gasteiger partial charge is 0.478 e. The highest BCUT2D eigenvalue weighted by molar-refractivity contribution is 5.85. The number of halogens is 1. The van der Waals surface area contributed by atoms with Crippen molar-refractivity contribution in [2.75, 3.05) is 0 Å². The molecule has 0 saturated carbocycles. The van der Waals surface area contributed by atoms with E-state index in [0.717, 1.165) is 6.08 Å². The van der Waals surface area contributed by atoms with Crippen molar-refractivity contribution >= 4 is 18.4 Å². The van der Waals surface area contributed by atoms with E-state index in [0.29, 0.717) is 13.1 Å². The summed E-state index contributed by atoms with van der Waals surface area (Å²) in [4.78, 5) is 9.25. The second-order valence-electron chi connectivity index (χ2n) is 3.92. The zero-order chi connectivity index (χ0) is 15.9. The Kier molecular flexibility index (Phi) is 15.4. The molecule has 2 aromatic carbocycles. The van der Waals surface area contributed by atoms with Crippen LogP contribution in [0.4, 0.5) is 0 Å². The molecular formula is C17H23ClN2O2. The second kappa shape index (κ2) is 15.3. The molecule has 0 unspecified atom stereocenters. The summed E-state index contributed by atoms with van der Waals surface area (Å²) in [5.74, 6) is -0.981. The van der Waals surface area contributed by atoms with Crippen LogP contribution in [0.2, 0.25) is 0 Å². The zero-order valence-electron chi connectivity index (χ0n) is 12.4. The van der Waals surface area contributed by atoms with Gasteiger partial charge in [-0.1, -0.05) is 67.2 Å². The van der Waals surface area contributed by atoms with Gasteiger partial charge in [0.2, 0.25) is 0 Å². The Morgan fingerprint density at radius 1 is 0.909 bits per heavy atom. The summed E-state index contributed by atoms with van der Waals surface area (Å²) in [6.45, 7) is 4.24. The van der Waals surface area contributed by atoms with Crippen molar-refractivity contribution in [3.8, 4) is 0 Å². The summed E-state index contributed by atoms with van der Waals surface area (Å²) in [7, 11) is 0. The standard InChI is InChI=1S/2C7H9N.C3H4O2.ClH/c2*8-6-7-4-2-1-3-5-7;1-2-3(4)5;/h2*1-5H,6,8H2;2H,1H2,(H,4,5);1H. The second-order valence-corrected chi connectivity index (χ2v) is 3.92. The number of nitrogens with two attached hydrogens (primary N) is 2. The van der Waals surface area contributed by atoms with Crippen LogP contribution in [0.3, 0.4) is 0 Å². The number of hydrogen-bond donors (Lipinski definition) is 3. The molecular weight excluding hydrogens is 300 g/mol. The van der Waals surface area contributed by atoms with Crippen LogP contribution >= 0.6 is 12.4 Å². The van der Waals surface area contributed by atoms with Gasteiger partial charge < -0.3 is 16.6 Å². The molecule has 0 spiro atoms. The van der Waals surface area contributed by atoms with Crippen LogP contribution in [0.25, 0.3) is 0 Å². The third kappa shape index (κ3) is 12.9. The highest BCUT2D eigenvalue weighted by atomic mass is 35.5. The van der Waals surface area contributed by atoms with Crippen LogP contribution in [0, 0.1) is 0 Å². The quantitative estimate of drug-likeness (QED) is 0.758. The van der Waals surface area contributed by atoms with E-state index in [9.17, 15) is 4.79 Å². The highest BCUT2D eigenvalue weighted by Crippen LogP contribution is 1.94. The van der Waals surface area contributed by atoms with E-state index in [4.69, 9.17) is 16.6 Å². The number of carboxylic acid groups (broad SMARTS) is 1. The molecule has 2 rings (SSSR count). The summed E-state index contributed by atoms with van der Waals surface area (Å²) in [5, 5.41) is 7.60. The van der Waals surface area contributed by atoms with Crippen LogP contribution in [-0.4, -0.2) is 11.1 Å². The van der Waals surface area contributed by atoms with E-state index >= 15 is 0 Å². The van der Waals surface area contributed by atoms with E-state index in [2.05, 4.69) is 6.58 Å². The van der Waals surface area contributed by atoms with Gasteiger partial charge in [-0.3, -0.25) is 0 Å².